The van der Waals surface area contributed by atoms with Gasteiger partial charge in [-0.1, -0.05) is 36.0 Å². The first-order chi connectivity index (χ1) is 10.7. The van der Waals surface area contributed by atoms with Crippen molar-refractivity contribution in [1.29, 1.82) is 0 Å². The van der Waals surface area contributed by atoms with Gasteiger partial charge in [-0.2, -0.15) is 0 Å². The van der Waals surface area contributed by atoms with Crippen LogP contribution in [-0.4, -0.2) is 19.7 Å². The van der Waals surface area contributed by atoms with Crippen LogP contribution in [0.2, 0.25) is 0 Å². The summed E-state index contributed by atoms with van der Waals surface area (Å²) in [7, 11) is 1.90. The van der Waals surface area contributed by atoms with Gasteiger partial charge in [0.25, 0.3) is 5.69 Å². The van der Waals surface area contributed by atoms with E-state index in [1.165, 1.54) is 17.8 Å². The van der Waals surface area contributed by atoms with Gasteiger partial charge in [0.2, 0.25) is 0 Å². The Morgan fingerprint density at radius 3 is 2.82 bits per heavy atom. The van der Waals surface area contributed by atoms with Crippen LogP contribution in [0.3, 0.4) is 0 Å². The molecule has 0 saturated carbocycles. The zero-order chi connectivity index (χ0) is 15.5. The van der Waals surface area contributed by atoms with E-state index in [1.807, 2.05) is 29.1 Å². The number of hydrogen-bond acceptors (Lipinski definition) is 6. The highest BCUT2D eigenvalue weighted by molar-refractivity contribution is 7.98. The number of hydrogen-bond donors (Lipinski definition) is 0. The van der Waals surface area contributed by atoms with Gasteiger partial charge in [-0.15, -0.1) is 21.5 Å². The van der Waals surface area contributed by atoms with E-state index >= 15 is 0 Å². The van der Waals surface area contributed by atoms with Crippen molar-refractivity contribution >= 4 is 28.8 Å². The van der Waals surface area contributed by atoms with E-state index in [9.17, 15) is 10.1 Å². The largest absolute Gasteiger partial charge is 0.304 e. The van der Waals surface area contributed by atoms with Crippen LogP contribution in [-0.2, 0) is 12.8 Å². The lowest BCUT2D eigenvalue weighted by Crippen LogP contribution is -1.96. The average molecular weight is 332 g/mol. The molecule has 0 saturated heterocycles. The third kappa shape index (κ3) is 2.88. The zero-order valence-corrected chi connectivity index (χ0v) is 13.3. The summed E-state index contributed by atoms with van der Waals surface area (Å²) < 4.78 is 1.91. The van der Waals surface area contributed by atoms with E-state index in [0.29, 0.717) is 11.3 Å². The van der Waals surface area contributed by atoms with Crippen LogP contribution in [0, 0.1) is 10.1 Å². The van der Waals surface area contributed by atoms with E-state index in [1.54, 1.807) is 29.5 Å². The minimum absolute atomic E-state index is 0.135. The molecular weight excluding hydrogens is 320 g/mol. The smallest absolute Gasteiger partial charge is 0.273 e. The molecule has 22 heavy (non-hydrogen) atoms. The van der Waals surface area contributed by atoms with Gasteiger partial charge in [-0.25, -0.2) is 0 Å². The molecule has 2 aromatic heterocycles. The van der Waals surface area contributed by atoms with Crippen molar-refractivity contribution in [3.63, 3.8) is 0 Å². The van der Waals surface area contributed by atoms with Crippen molar-refractivity contribution in [3.8, 4) is 10.7 Å². The molecule has 0 spiro atoms. The quantitative estimate of drug-likeness (QED) is 0.404. The fourth-order valence-corrected chi connectivity index (χ4v) is 3.67. The standard InChI is InChI=1S/C14H12N4O2S2/c1-17-13(12-7-4-8-21-12)15-16-14(17)22-9-10-5-2-3-6-11(10)18(19)20/h2-8H,9H2,1H3. The second kappa shape index (κ2) is 6.29. The normalized spacial score (nSPS) is 10.8. The molecule has 0 N–H and O–H groups in total. The number of nitro groups is 1. The van der Waals surface area contributed by atoms with Crippen molar-refractivity contribution in [2.24, 2.45) is 7.05 Å². The van der Waals surface area contributed by atoms with Gasteiger partial charge in [0.1, 0.15) is 0 Å². The molecule has 0 bridgehead atoms. The van der Waals surface area contributed by atoms with Gasteiger partial charge >= 0.3 is 0 Å². The number of benzene rings is 1. The molecule has 0 fully saturated rings. The van der Waals surface area contributed by atoms with Crippen LogP contribution in [0.5, 0.6) is 0 Å². The number of rotatable bonds is 5. The summed E-state index contributed by atoms with van der Waals surface area (Å²) in [5, 5.41) is 22.1. The first kappa shape index (κ1) is 14.7. The fourth-order valence-electron chi connectivity index (χ4n) is 2.01. The molecule has 2 heterocycles. The lowest BCUT2D eigenvalue weighted by atomic mass is 10.2. The van der Waals surface area contributed by atoms with Gasteiger partial charge in [-0.3, -0.25) is 10.1 Å². The van der Waals surface area contributed by atoms with Crippen LogP contribution in [0.15, 0.2) is 46.9 Å². The average Bonchev–Trinajstić information content (AvgIpc) is 3.15. The van der Waals surface area contributed by atoms with Crippen LogP contribution >= 0.6 is 23.1 Å². The van der Waals surface area contributed by atoms with Gasteiger partial charge in [0, 0.05) is 24.4 Å². The number of thiophene rings is 1. The van der Waals surface area contributed by atoms with Crippen LogP contribution in [0.1, 0.15) is 5.56 Å². The summed E-state index contributed by atoms with van der Waals surface area (Å²) in [4.78, 5) is 11.7. The summed E-state index contributed by atoms with van der Waals surface area (Å²) in [6.07, 6.45) is 0. The number of para-hydroxylation sites is 1. The molecule has 0 aliphatic rings. The summed E-state index contributed by atoms with van der Waals surface area (Å²) >= 11 is 3.04. The molecule has 6 nitrogen and oxygen atoms in total. The fraction of sp³-hybridized carbons (Fsp3) is 0.143. The van der Waals surface area contributed by atoms with E-state index in [2.05, 4.69) is 10.2 Å². The third-order valence-electron chi connectivity index (χ3n) is 3.12. The van der Waals surface area contributed by atoms with Crippen molar-refractivity contribution in [1.82, 2.24) is 14.8 Å². The van der Waals surface area contributed by atoms with E-state index in [0.717, 1.165) is 15.9 Å². The van der Waals surface area contributed by atoms with Crippen LogP contribution < -0.4 is 0 Å². The van der Waals surface area contributed by atoms with Gasteiger partial charge in [-0.05, 0) is 11.4 Å². The second-order valence-corrected chi connectivity index (χ2v) is 6.41. The Morgan fingerprint density at radius 2 is 2.09 bits per heavy atom. The summed E-state index contributed by atoms with van der Waals surface area (Å²) in [5.41, 5.74) is 0.814. The van der Waals surface area contributed by atoms with Crippen LogP contribution in [0.4, 0.5) is 5.69 Å². The number of aromatic nitrogens is 3. The molecule has 0 aliphatic heterocycles. The SMILES string of the molecule is Cn1c(SCc2ccccc2[N+](=O)[O-])nnc1-c1cccs1. The minimum atomic E-state index is -0.357. The van der Waals surface area contributed by atoms with E-state index in [4.69, 9.17) is 0 Å². The van der Waals surface area contributed by atoms with Gasteiger partial charge < -0.3 is 4.57 Å². The molecule has 0 atom stereocenters. The molecule has 0 radical (unpaired) electrons. The molecule has 0 aliphatic carbocycles. The molecule has 1 aromatic carbocycles. The minimum Gasteiger partial charge on any atom is -0.304 e. The highest BCUT2D eigenvalue weighted by Crippen LogP contribution is 2.29. The maximum absolute atomic E-state index is 11.0. The molecular formula is C14H12N4O2S2. The predicted octanol–water partition coefficient (Wildman–Crippen LogP) is 3.74. The lowest BCUT2D eigenvalue weighted by molar-refractivity contribution is -0.385. The Hall–Kier alpha value is -2.19. The van der Waals surface area contributed by atoms with E-state index in [-0.39, 0.29) is 10.6 Å². The first-order valence-electron chi connectivity index (χ1n) is 6.45. The number of nitrogens with zero attached hydrogens (tertiary/aromatic N) is 4. The maximum Gasteiger partial charge on any atom is 0.273 e. The van der Waals surface area contributed by atoms with Gasteiger partial charge in [0.05, 0.1) is 9.80 Å². The van der Waals surface area contributed by atoms with Crippen molar-refractivity contribution in [3.05, 3.63) is 57.5 Å². The zero-order valence-electron chi connectivity index (χ0n) is 11.7. The molecule has 0 unspecified atom stereocenters. The Bertz CT molecular complexity index is 799. The summed E-state index contributed by atoms with van der Waals surface area (Å²) in [6.45, 7) is 0. The Balaban J connectivity index is 1.80. The Morgan fingerprint density at radius 1 is 1.27 bits per heavy atom. The Labute approximate surface area is 135 Å². The van der Waals surface area contributed by atoms with Gasteiger partial charge in [0.15, 0.2) is 11.0 Å². The van der Waals surface area contributed by atoms with Crippen LogP contribution in [0.25, 0.3) is 10.7 Å². The lowest BCUT2D eigenvalue weighted by Gasteiger charge is -2.03. The molecule has 3 rings (SSSR count). The van der Waals surface area contributed by atoms with Crippen molar-refractivity contribution in [2.75, 3.05) is 0 Å². The number of nitro benzene ring substituents is 1. The second-order valence-electron chi connectivity index (χ2n) is 4.52. The highest BCUT2D eigenvalue weighted by atomic mass is 32.2. The first-order valence-corrected chi connectivity index (χ1v) is 8.31. The molecule has 8 heteroatoms. The third-order valence-corrected chi connectivity index (χ3v) is 5.06. The number of thioether (sulfide) groups is 1. The summed E-state index contributed by atoms with van der Waals surface area (Å²) in [6, 6.07) is 10.7. The predicted molar refractivity (Wildman–Crippen MR) is 87.0 cm³/mol. The molecule has 3 aromatic rings. The molecule has 0 amide bonds. The Kier molecular flexibility index (Phi) is 4.21. The van der Waals surface area contributed by atoms with E-state index < -0.39 is 0 Å². The summed E-state index contributed by atoms with van der Waals surface area (Å²) in [5.74, 6) is 1.29. The highest BCUT2D eigenvalue weighted by Gasteiger charge is 2.16. The maximum atomic E-state index is 11.0. The monoisotopic (exact) mass is 332 g/mol. The molecule has 112 valence electrons. The van der Waals surface area contributed by atoms with Crippen molar-refractivity contribution < 1.29 is 4.92 Å². The topological polar surface area (TPSA) is 73.8 Å². The van der Waals surface area contributed by atoms with Crippen molar-refractivity contribution in [2.45, 2.75) is 10.9 Å².